The molecule has 2 aromatic carbocycles. The average Bonchev–Trinajstić information content (AvgIpc) is 2.62. The van der Waals surface area contributed by atoms with Gasteiger partial charge in [0.2, 0.25) is 11.8 Å². The largest absolute Gasteiger partial charge is 0.494 e. The zero-order chi connectivity index (χ0) is 18.9. The van der Waals surface area contributed by atoms with E-state index in [9.17, 15) is 14.0 Å². The van der Waals surface area contributed by atoms with Crippen molar-refractivity contribution < 1.29 is 18.7 Å². The summed E-state index contributed by atoms with van der Waals surface area (Å²) in [6.07, 6.45) is 0.768. The molecule has 0 unspecified atom stereocenters. The highest BCUT2D eigenvalue weighted by atomic mass is 35.5. The molecule has 138 valence electrons. The van der Waals surface area contributed by atoms with Crippen molar-refractivity contribution in [3.8, 4) is 5.75 Å². The Bertz CT molecular complexity index is 766. The molecular formula is C19H20ClFN2O3. The molecule has 0 radical (unpaired) electrons. The Morgan fingerprint density at radius 3 is 2.46 bits per heavy atom. The number of carbonyl (C=O) groups excluding carboxylic acids is 2. The first-order chi connectivity index (χ1) is 12.4. The molecule has 0 spiro atoms. The summed E-state index contributed by atoms with van der Waals surface area (Å²) in [5.41, 5.74) is 6.25. The van der Waals surface area contributed by atoms with E-state index in [2.05, 4.69) is 10.9 Å². The maximum atomic E-state index is 12.8. The van der Waals surface area contributed by atoms with E-state index in [0.717, 1.165) is 5.56 Å². The normalized spacial score (nSPS) is 10.3. The van der Waals surface area contributed by atoms with E-state index in [1.165, 1.54) is 24.3 Å². The molecule has 0 aromatic heterocycles. The summed E-state index contributed by atoms with van der Waals surface area (Å²) >= 11 is 5.94. The number of amides is 2. The van der Waals surface area contributed by atoms with Gasteiger partial charge in [-0.25, -0.2) is 4.39 Å². The fourth-order valence-electron chi connectivity index (χ4n) is 2.16. The van der Waals surface area contributed by atoms with Crippen molar-refractivity contribution in [1.82, 2.24) is 10.9 Å². The first-order valence-corrected chi connectivity index (χ1v) is 8.53. The molecule has 0 saturated carbocycles. The number of hydrogen-bond donors (Lipinski definition) is 2. The van der Waals surface area contributed by atoms with Crippen LogP contribution in [0.2, 0.25) is 5.02 Å². The second-order valence-corrected chi connectivity index (χ2v) is 6.17. The third kappa shape index (κ3) is 6.72. The first kappa shape index (κ1) is 19.7. The molecule has 0 aliphatic rings. The van der Waals surface area contributed by atoms with E-state index in [1.807, 2.05) is 13.0 Å². The number of benzene rings is 2. The molecular weight excluding hydrogens is 359 g/mol. The van der Waals surface area contributed by atoms with E-state index in [0.29, 0.717) is 29.4 Å². The maximum Gasteiger partial charge on any atom is 0.242 e. The summed E-state index contributed by atoms with van der Waals surface area (Å²) in [4.78, 5) is 23.4. The summed E-state index contributed by atoms with van der Waals surface area (Å²) in [6.45, 7) is 2.26. The lowest BCUT2D eigenvalue weighted by atomic mass is 10.1. The van der Waals surface area contributed by atoms with Gasteiger partial charge in [0, 0.05) is 11.4 Å². The summed E-state index contributed by atoms with van der Waals surface area (Å²) in [5.74, 6) is -0.357. The highest BCUT2D eigenvalue weighted by Gasteiger charge is 2.06. The minimum Gasteiger partial charge on any atom is -0.494 e. The average molecular weight is 379 g/mol. The predicted molar refractivity (Wildman–Crippen MR) is 97.3 cm³/mol. The fourth-order valence-corrected chi connectivity index (χ4v) is 2.28. The van der Waals surface area contributed by atoms with Crippen LogP contribution in [0.5, 0.6) is 5.75 Å². The SMILES string of the molecule is Cc1cc(OCCCC(=O)NNC(=O)Cc2ccc(F)cc2)ccc1Cl. The molecule has 26 heavy (non-hydrogen) atoms. The van der Waals surface area contributed by atoms with Gasteiger partial charge in [-0.2, -0.15) is 0 Å². The molecule has 5 nitrogen and oxygen atoms in total. The van der Waals surface area contributed by atoms with Gasteiger partial charge in [0.05, 0.1) is 13.0 Å². The van der Waals surface area contributed by atoms with Gasteiger partial charge in [0.25, 0.3) is 0 Å². The molecule has 2 rings (SSSR count). The van der Waals surface area contributed by atoms with Gasteiger partial charge in [-0.1, -0.05) is 23.7 Å². The molecule has 0 saturated heterocycles. The van der Waals surface area contributed by atoms with Crippen LogP contribution in [0.15, 0.2) is 42.5 Å². The zero-order valence-corrected chi connectivity index (χ0v) is 15.1. The van der Waals surface area contributed by atoms with Crippen molar-refractivity contribution in [3.63, 3.8) is 0 Å². The monoisotopic (exact) mass is 378 g/mol. The van der Waals surface area contributed by atoms with Crippen molar-refractivity contribution in [1.29, 1.82) is 0 Å². The molecule has 0 bridgehead atoms. The van der Waals surface area contributed by atoms with Gasteiger partial charge in [-0.05, 0) is 54.8 Å². The number of rotatable bonds is 7. The molecule has 7 heteroatoms. The molecule has 0 atom stereocenters. The number of hydrogen-bond acceptors (Lipinski definition) is 3. The molecule has 2 N–H and O–H groups in total. The Hall–Kier alpha value is -2.60. The molecule has 0 heterocycles. The highest BCUT2D eigenvalue weighted by Crippen LogP contribution is 2.21. The zero-order valence-electron chi connectivity index (χ0n) is 14.4. The highest BCUT2D eigenvalue weighted by molar-refractivity contribution is 6.31. The summed E-state index contributed by atoms with van der Waals surface area (Å²) in [7, 11) is 0. The van der Waals surface area contributed by atoms with Gasteiger partial charge in [-0.3, -0.25) is 20.4 Å². The Morgan fingerprint density at radius 1 is 1.08 bits per heavy atom. The van der Waals surface area contributed by atoms with Gasteiger partial charge >= 0.3 is 0 Å². The second kappa shape index (κ2) is 9.77. The second-order valence-electron chi connectivity index (χ2n) is 5.76. The topological polar surface area (TPSA) is 67.4 Å². The first-order valence-electron chi connectivity index (χ1n) is 8.15. The van der Waals surface area contributed by atoms with Crippen LogP contribution in [0, 0.1) is 12.7 Å². The van der Waals surface area contributed by atoms with Crippen LogP contribution in [0.3, 0.4) is 0 Å². The molecule has 0 fully saturated rings. The van der Waals surface area contributed by atoms with Gasteiger partial charge in [0.15, 0.2) is 0 Å². The van der Waals surface area contributed by atoms with E-state index >= 15 is 0 Å². The number of halogens is 2. The van der Waals surface area contributed by atoms with Crippen molar-refractivity contribution in [2.24, 2.45) is 0 Å². The smallest absolute Gasteiger partial charge is 0.242 e. The van der Waals surface area contributed by atoms with Crippen molar-refractivity contribution in [2.45, 2.75) is 26.2 Å². The molecule has 2 amide bonds. The number of ether oxygens (including phenoxy) is 1. The number of aryl methyl sites for hydroxylation is 1. The summed E-state index contributed by atoms with van der Waals surface area (Å²) in [6, 6.07) is 11.0. The quantitative estimate of drug-likeness (QED) is 0.573. The van der Waals surface area contributed by atoms with Gasteiger partial charge in [0.1, 0.15) is 11.6 Å². The Kier molecular flexibility index (Phi) is 7.41. The van der Waals surface area contributed by atoms with Crippen LogP contribution in [0.1, 0.15) is 24.0 Å². The maximum absolute atomic E-state index is 12.8. The van der Waals surface area contributed by atoms with Crippen LogP contribution in [0.25, 0.3) is 0 Å². The summed E-state index contributed by atoms with van der Waals surface area (Å²) in [5, 5.41) is 0.674. The minimum atomic E-state index is -0.377. The van der Waals surface area contributed by atoms with E-state index in [1.54, 1.807) is 12.1 Å². The van der Waals surface area contributed by atoms with Crippen molar-refractivity contribution in [3.05, 3.63) is 64.4 Å². The predicted octanol–water partition coefficient (Wildman–Crippen LogP) is 3.34. The standard InChI is InChI=1S/C19H20ClFN2O3/c1-13-11-16(8-9-17(13)20)26-10-2-3-18(24)22-23-19(25)12-14-4-6-15(21)7-5-14/h4-9,11H,2-3,10,12H2,1H3,(H,22,24)(H,23,25). The number of carbonyl (C=O) groups is 2. The lowest BCUT2D eigenvalue weighted by Crippen LogP contribution is -2.42. The minimum absolute atomic E-state index is 0.0551. The van der Waals surface area contributed by atoms with Gasteiger partial charge < -0.3 is 4.74 Å². The molecule has 0 aliphatic carbocycles. The number of nitrogens with one attached hydrogen (secondary N) is 2. The van der Waals surface area contributed by atoms with Crippen LogP contribution >= 0.6 is 11.6 Å². The lowest BCUT2D eigenvalue weighted by molar-refractivity contribution is -0.128. The lowest BCUT2D eigenvalue weighted by Gasteiger charge is -2.09. The van der Waals surface area contributed by atoms with Crippen molar-refractivity contribution >= 4 is 23.4 Å². The van der Waals surface area contributed by atoms with E-state index in [-0.39, 0.29) is 30.5 Å². The Balaban J connectivity index is 1.61. The Morgan fingerprint density at radius 2 is 1.77 bits per heavy atom. The van der Waals surface area contributed by atoms with E-state index < -0.39 is 0 Å². The number of hydrazine groups is 1. The van der Waals surface area contributed by atoms with Crippen LogP contribution in [0.4, 0.5) is 4.39 Å². The van der Waals surface area contributed by atoms with Crippen LogP contribution in [-0.2, 0) is 16.0 Å². The van der Waals surface area contributed by atoms with Crippen molar-refractivity contribution in [2.75, 3.05) is 6.61 Å². The fraction of sp³-hybridized carbons (Fsp3) is 0.263. The van der Waals surface area contributed by atoms with Crippen LogP contribution < -0.4 is 15.6 Å². The van der Waals surface area contributed by atoms with Crippen LogP contribution in [-0.4, -0.2) is 18.4 Å². The van der Waals surface area contributed by atoms with Gasteiger partial charge in [-0.15, -0.1) is 0 Å². The molecule has 0 aliphatic heterocycles. The molecule has 2 aromatic rings. The van der Waals surface area contributed by atoms with E-state index in [4.69, 9.17) is 16.3 Å². The third-order valence-corrected chi connectivity index (χ3v) is 3.99. The third-order valence-electron chi connectivity index (χ3n) is 3.57. The summed E-state index contributed by atoms with van der Waals surface area (Å²) < 4.78 is 18.3. The Labute approximate surface area is 156 Å².